The minimum Gasteiger partial charge on any atom is -0.464 e. The third-order valence-corrected chi connectivity index (χ3v) is 4.75. The maximum atomic E-state index is 12.5. The molecular formula is C16H20N2O4S. The topological polar surface area (TPSA) is 93.6 Å². The Morgan fingerprint density at radius 1 is 1.22 bits per heavy atom. The number of nitrogens with zero attached hydrogens (tertiary/aromatic N) is 1. The molecule has 0 spiro atoms. The second-order valence-electron chi connectivity index (χ2n) is 5.63. The molecule has 0 aliphatic carbocycles. The van der Waals surface area contributed by atoms with E-state index in [-0.39, 0.29) is 16.4 Å². The number of sulfonamides is 1. The summed E-state index contributed by atoms with van der Waals surface area (Å²) >= 11 is 0. The average Bonchev–Trinajstić information content (AvgIpc) is 2.84. The SMILES string of the molecule is Cc1ccc(CN(C)C(=O)c2cc(C)c(C)c(S(N)(=O)=O)c2)o1. The Bertz CT molecular complexity index is 853. The molecule has 0 bridgehead atoms. The van der Waals surface area contributed by atoms with E-state index in [0.717, 1.165) is 5.76 Å². The normalized spacial score (nSPS) is 11.5. The van der Waals surface area contributed by atoms with Gasteiger partial charge in [-0.2, -0.15) is 0 Å². The van der Waals surface area contributed by atoms with Crippen LogP contribution in [0.25, 0.3) is 0 Å². The molecule has 0 fully saturated rings. The third-order valence-electron chi connectivity index (χ3n) is 3.71. The Morgan fingerprint density at radius 2 is 1.87 bits per heavy atom. The molecule has 0 aliphatic rings. The van der Waals surface area contributed by atoms with Crippen LogP contribution in [0.1, 0.15) is 33.0 Å². The first-order valence-electron chi connectivity index (χ1n) is 7.04. The molecule has 0 radical (unpaired) electrons. The first kappa shape index (κ1) is 17.2. The van der Waals surface area contributed by atoms with E-state index >= 15 is 0 Å². The number of hydrogen-bond donors (Lipinski definition) is 1. The van der Waals surface area contributed by atoms with Gasteiger partial charge in [-0.3, -0.25) is 4.79 Å². The Balaban J connectivity index is 2.34. The van der Waals surface area contributed by atoms with Crippen molar-refractivity contribution in [2.45, 2.75) is 32.2 Å². The number of nitrogens with two attached hydrogens (primary N) is 1. The third kappa shape index (κ3) is 3.80. The second kappa shape index (κ2) is 6.17. The Kier molecular flexibility index (Phi) is 4.63. The monoisotopic (exact) mass is 336 g/mol. The number of carbonyl (C=O) groups is 1. The highest BCUT2D eigenvalue weighted by molar-refractivity contribution is 7.89. The summed E-state index contributed by atoms with van der Waals surface area (Å²) in [6.07, 6.45) is 0. The molecule has 0 atom stereocenters. The number of carbonyl (C=O) groups excluding carboxylic acids is 1. The van der Waals surface area contributed by atoms with Crippen LogP contribution in [-0.2, 0) is 16.6 Å². The number of amides is 1. The van der Waals surface area contributed by atoms with Crippen molar-refractivity contribution >= 4 is 15.9 Å². The number of primary sulfonamides is 1. The average molecular weight is 336 g/mol. The molecule has 0 aliphatic heterocycles. The van der Waals surface area contributed by atoms with Gasteiger partial charge in [0.1, 0.15) is 11.5 Å². The summed E-state index contributed by atoms with van der Waals surface area (Å²) < 4.78 is 28.8. The van der Waals surface area contributed by atoms with Crippen LogP contribution < -0.4 is 5.14 Å². The van der Waals surface area contributed by atoms with E-state index in [1.807, 2.05) is 13.0 Å². The van der Waals surface area contributed by atoms with Crippen molar-refractivity contribution in [3.63, 3.8) is 0 Å². The largest absolute Gasteiger partial charge is 0.464 e. The van der Waals surface area contributed by atoms with E-state index in [9.17, 15) is 13.2 Å². The lowest BCUT2D eigenvalue weighted by atomic mass is 10.1. The fourth-order valence-corrected chi connectivity index (χ4v) is 3.22. The van der Waals surface area contributed by atoms with Gasteiger partial charge in [-0.25, -0.2) is 13.6 Å². The molecule has 1 aromatic heterocycles. The molecular weight excluding hydrogens is 316 g/mol. The first-order chi connectivity index (χ1) is 10.6. The van der Waals surface area contributed by atoms with E-state index < -0.39 is 10.0 Å². The maximum Gasteiger partial charge on any atom is 0.254 e. The quantitative estimate of drug-likeness (QED) is 0.925. The maximum absolute atomic E-state index is 12.5. The molecule has 1 heterocycles. The molecule has 0 unspecified atom stereocenters. The summed E-state index contributed by atoms with van der Waals surface area (Å²) in [6.45, 7) is 5.53. The minimum absolute atomic E-state index is 0.0249. The predicted octanol–water partition coefficient (Wildman–Crippen LogP) is 2.12. The van der Waals surface area contributed by atoms with Crippen LogP contribution in [0.4, 0.5) is 0 Å². The predicted molar refractivity (Wildman–Crippen MR) is 86.5 cm³/mol. The van der Waals surface area contributed by atoms with Gasteiger partial charge in [-0.15, -0.1) is 0 Å². The first-order valence-corrected chi connectivity index (χ1v) is 8.59. The standard InChI is InChI=1S/C16H20N2O4S/c1-10-7-13(8-15(12(10)3)23(17,20)21)16(19)18(4)9-14-6-5-11(2)22-14/h5-8H,9H2,1-4H3,(H2,17,20,21). The van der Waals surface area contributed by atoms with Crippen molar-refractivity contribution in [2.24, 2.45) is 5.14 Å². The molecule has 1 aromatic carbocycles. The van der Waals surface area contributed by atoms with Crippen molar-refractivity contribution in [3.05, 3.63) is 52.5 Å². The molecule has 0 saturated carbocycles. The fourth-order valence-electron chi connectivity index (χ4n) is 2.34. The molecule has 124 valence electrons. The zero-order valence-electron chi connectivity index (χ0n) is 13.6. The molecule has 2 aromatic rings. The van der Waals surface area contributed by atoms with Crippen LogP contribution in [0.3, 0.4) is 0 Å². The van der Waals surface area contributed by atoms with Crippen molar-refractivity contribution in [2.75, 3.05) is 7.05 Å². The van der Waals surface area contributed by atoms with E-state index in [1.165, 1.54) is 11.0 Å². The van der Waals surface area contributed by atoms with E-state index in [2.05, 4.69) is 0 Å². The van der Waals surface area contributed by atoms with Gasteiger partial charge in [-0.05, 0) is 56.2 Å². The molecule has 6 nitrogen and oxygen atoms in total. The number of hydrogen-bond acceptors (Lipinski definition) is 4. The lowest BCUT2D eigenvalue weighted by Gasteiger charge is -2.17. The summed E-state index contributed by atoms with van der Waals surface area (Å²) in [5.74, 6) is 1.13. The van der Waals surface area contributed by atoms with Crippen molar-refractivity contribution in [1.29, 1.82) is 0 Å². The van der Waals surface area contributed by atoms with E-state index in [0.29, 0.717) is 23.4 Å². The van der Waals surface area contributed by atoms with E-state index in [1.54, 1.807) is 33.0 Å². The molecule has 2 rings (SSSR count). The van der Waals surface area contributed by atoms with Crippen molar-refractivity contribution < 1.29 is 17.6 Å². The number of rotatable bonds is 4. The van der Waals surface area contributed by atoms with Crippen molar-refractivity contribution in [1.82, 2.24) is 4.90 Å². The molecule has 1 amide bonds. The van der Waals surface area contributed by atoms with Crippen LogP contribution >= 0.6 is 0 Å². The Morgan fingerprint density at radius 3 is 2.39 bits per heavy atom. The zero-order valence-corrected chi connectivity index (χ0v) is 14.4. The second-order valence-corrected chi connectivity index (χ2v) is 7.16. The van der Waals surface area contributed by atoms with Crippen LogP contribution in [-0.4, -0.2) is 26.3 Å². The molecule has 23 heavy (non-hydrogen) atoms. The van der Waals surface area contributed by atoms with Crippen LogP contribution in [0.15, 0.2) is 33.6 Å². The molecule has 2 N–H and O–H groups in total. The van der Waals surface area contributed by atoms with Gasteiger partial charge in [0.2, 0.25) is 10.0 Å². The van der Waals surface area contributed by atoms with E-state index in [4.69, 9.17) is 9.56 Å². The summed E-state index contributed by atoms with van der Waals surface area (Å²) in [4.78, 5) is 14.0. The number of benzene rings is 1. The van der Waals surface area contributed by atoms with Crippen LogP contribution in [0, 0.1) is 20.8 Å². The Labute approximate surface area is 135 Å². The highest BCUT2D eigenvalue weighted by Gasteiger charge is 2.20. The van der Waals surface area contributed by atoms with Crippen LogP contribution in [0.5, 0.6) is 0 Å². The van der Waals surface area contributed by atoms with Gasteiger partial charge in [0.25, 0.3) is 5.91 Å². The van der Waals surface area contributed by atoms with Gasteiger partial charge in [0, 0.05) is 12.6 Å². The summed E-state index contributed by atoms with van der Waals surface area (Å²) in [5.41, 5.74) is 1.53. The summed E-state index contributed by atoms with van der Waals surface area (Å²) in [7, 11) is -2.25. The lowest BCUT2D eigenvalue weighted by molar-refractivity contribution is 0.0774. The number of aryl methyl sites for hydroxylation is 2. The summed E-state index contributed by atoms with van der Waals surface area (Å²) in [6, 6.07) is 6.61. The molecule has 7 heteroatoms. The summed E-state index contributed by atoms with van der Waals surface area (Å²) in [5, 5.41) is 5.23. The lowest BCUT2D eigenvalue weighted by Crippen LogP contribution is -2.26. The highest BCUT2D eigenvalue weighted by atomic mass is 32.2. The minimum atomic E-state index is -3.88. The Hall–Kier alpha value is -2.12. The fraction of sp³-hybridized carbons (Fsp3) is 0.312. The van der Waals surface area contributed by atoms with Gasteiger partial charge in [-0.1, -0.05) is 0 Å². The van der Waals surface area contributed by atoms with Crippen molar-refractivity contribution in [3.8, 4) is 0 Å². The van der Waals surface area contributed by atoms with Crippen LogP contribution in [0.2, 0.25) is 0 Å². The highest BCUT2D eigenvalue weighted by Crippen LogP contribution is 2.21. The number of furan rings is 1. The molecule has 0 saturated heterocycles. The zero-order chi connectivity index (χ0) is 17.4. The van der Waals surface area contributed by atoms with Gasteiger partial charge in [0.05, 0.1) is 11.4 Å². The van der Waals surface area contributed by atoms with Gasteiger partial charge >= 0.3 is 0 Å². The smallest absolute Gasteiger partial charge is 0.254 e. The van der Waals surface area contributed by atoms with Gasteiger partial charge in [0.15, 0.2) is 0 Å². The van der Waals surface area contributed by atoms with Gasteiger partial charge < -0.3 is 9.32 Å².